The third-order valence-corrected chi connectivity index (χ3v) is 3.00. The first-order valence-corrected chi connectivity index (χ1v) is 6.19. The molecule has 0 aliphatic rings. The molecule has 6 heteroatoms. The number of aromatic nitrogens is 2. The molecule has 2 aromatic rings. The topological polar surface area (TPSA) is 95.1 Å². The van der Waals surface area contributed by atoms with Gasteiger partial charge in [0.25, 0.3) is 5.91 Å². The van der Waals surface area contributed by atoms with E-state index in [0.717, 1.165) is 0 Å². The predicted octanol–water partition coefficient (Wildman–Crippen LogP) is 1.39. The number of hydrogen-bond acceptors (Lipinski definition) is 3. The van der Waals surface area contributed by atoms with Crippen LogP contribution in [0.25, 0.3) is 0 Å². The highest BCUT2D eigenvalue weighted by Crippen LogP contribution is 2.09. The van der Waals surface area contributed by atoms with Gasteiger partial charge in [0.1, 0.15) is 0 Å². The number of benzene rings is 1. The summed E-state index contributed by atoms with van der Waals surface area (Å²) in [5.41, 5.74) is 2.16. The van der Waals surface area contributed by atoms with Gasteiger partial charge in [-0.2, -0.15) is 5.10 Å². The smallest absolute Gasteiger partial charge is 0.335 e. The maximum Gasteiger partial charge on any atom is 0.335 e. The number of aromatic carboxylic acids is 1. The number of hydrogen-bond donors (Lipinski definition) is 3. The fourth-order valence-electron chi connectivity index (χ4n) is 1.93. The summed E-state index contributed by atoms with van der Waals surface area (Å²) in [5, 5.41) is 18.3. The lowest BCUT2D eigenvalue weighted by Gasteiger charge is -2.07. The lowest BCUT2D eigenvalue weighted by molar-refractivity contribution is 0.0695. The van der Waals surface area contributed by atoms with Gasteiger partial charge in [0.2, 0.25) is 0 Å². The van der Waals surface area contributed by atoms with Gasteiger partial charge in [0.15, 0.2) is 0 Å². The Bertz CT molecular complexity index is 634. The van der Waals surface area contributed by atoms with Crippen molar-refractivity contribution in [2.75, 3.05) is 6.54 Å². The minimum atomic E-state index is -0.961. The Balaban J connectivity index is 1.95. The minimum Gasteiger partial charge on any atom is -0.478 e. The maximum absolute atomic E-state index is 11.8. The third-order valence-electron chi connectivity index (χ3n) is 3.00. The molecule has 1 heterocycles. The van der Waals surface area contributed by atoms with Crippen LogP contribution in [0.4, 0.5) is 0 Å². The molecule has 0 spiro atoms. The molecular formula is C14H15N3O3. The molecule has 2 rings (SSSR count). The number of nitrogens with zero attached hydrogens (tertiary/aromatic N) is 1. The van der Waals surface area contributed by atoms with E-state index in [9.17, 15) is 9.59 Å². The van der Waals surface area contributed by atoms with Crippen molar-refractivity contribution in [2.45, 2.75) is 13.3 Å². The number of aryl methyl sites for hydroxylation is 1. The Morgan fingerprint density at radius 3 is 2.70 bits per heavy atom. The van der Waals surface area contributed by atoms with Crippen LogP contribution in [-0.2, 0) is 6.42 Å². The molecule has 0 saturated carbocycles. The number of carboxylic acids is 1. The lowest BCUT2D eigenvalue weighted by Crippen LogP contribution is -2.26. The second-order valence-electron chi connectivity index (χ2n) is 4.38. The maximum atomic E-state index is 11.8. The summed E-state index contributed by atoms with van der Waals surface area (Å²) in [6.07, 6.45) is 1.93. The van der Waals surface area contributed by atoms with E-state index < -0.39 is 5.97 Å². The summed E-state index contributed by atoms with van der Waals surface area (Å²) >= 11 is 0. The average Bonchev–Trinajstić information content (AvgIpc) is 2.85. The molecule has 0 fully saturated rings. The molecule has 104 valence electrons. The largest absolute Gasteiger partial charge is 0.478 e. The zero-order chi connectivity index (χ0) is 14.5. The minimum absolute atomic E-state index is 0.218. The van der Waals surface area contributed by atoms with E-state index >= 15 is 0 Å². The van der Waals surface area contributed by atoms with Crippen LogP contribution in [0.5, 0.6) is 0 Å². The fourth-order valence-corrected chi connectivity index (χ4v) is 1.93. The van der Waals surface area contributed by atoms with E-state index in [0.29, 0.717) is 29.8 Å². The fraction of sp³-hybridized carbons (Fsp3) is 0.214. The van der Waals surface area contributed by atoms with E-state index in [2.05, 4.69) is 15.5 Å². The lowest BCUT2D eigenvalue weighted by atomic mass is 10.0. The average molecular weight is 273 g/mol. The molecule has 1 aromatic heterocycles. The highest BCUT2D eigenvalue weighted by molar-refractivity contribution is 5.95. The quantitative estimate of drug-likeness (QED) is 0.767. The Kier molecular flexibility index (Phi) is 4.14. The molecule has 0 bridgehead atoms. The van der Waals surface area contributed by atoms with Crippen LogP contribution in [0.2, 0.25) is 0 Å². The monoisotopic (exact) mass is 273 g/mol. The zero-order valence-corrected chi connectivity index (χ0v) is 11.0. The van der Waals surface area contributed by atoms with Gasteiger partial charge in [0.05, 0.1) is 17.3 Å². The van der Waals surface area contributed by atoms with Crippen LogP contribution in [0.1, 0.15) is 32.0 Å². The van der Waals surface area contributed by atoms with E-state index in [-0.39, 0.29) is 11.5 Å². The first-order valence-electron chi connectivity index (χ1n) is 6.19. The van der Waals surface area contributed by atoms with E-state index in [1.165, 1.54) is 6.20 Å². The number of carbonyl (C=O) groups excluding carboxylic acids is 1. The van der Waals surface area contributed by atoms with Crippen LogP contribution in [-0.4, -0.2) is 33.7 Å². The first-order chi connectivity index (χ1) is 9.59. The summed E-state index contributed by atoms with van der Waals surface area (Å²) in [5.74, 6) is -1.18. The van der Waals surface area contributed by atoms with Gasteiger partial charge in [-0.25, -0.2) is 4.79 Å². The summed E-state index contributed by atoms with van der Waals surface area (Å²) in [6.45, 7) is 2.13. The molecule has 1 amide bonds. The van der Waals surface area contributed by atoms with Crippen molar-refractivity contribution >= 4 is 11.9 Å². The molecule has 3 N–H and O–H groups in total. The van der Waals surface area contributed by atoms with Gasteiger partial charge < -0.3 is 10.4 Å². The van der Waals surface area contributed by atoms with Crippen LogP contribution in [0.15, 0.2) is 30.5 Å². The molecule has 1 aromatic carbocycles. The van der Waals surface area contributed by atoms with Crippen molar-refractivity contribution in [3.8, 4) is 0 Å². The van der Waals surface area contributed by atoms with Crippen molar-refractivity contribution in [1.82, 2.24) is 15.5 Å². The highest BCUT2D eigenvalue weighted by Gasteiger charge is 2.12. The van der Waals surface area contributed by atoms with Crippen LogP contribution in [0, 0.1) is 6.92 Å². The number of H-pyrrole nitrogens is 1. The van der Waals surface area contributed by atoms with Gasteiger partial charge >= 0.3 is 5.97 Å². The SMILES string of the molecule is Cc1[nH]ncc1C(=O)NCCc1ccccc1C(=O)O. The Hall–Kier alpha value is -2.63. The molecule has 0 aliphatic heterocycles. The number of carboxylic acid groups (broad SMARTS) is 1. The van der Waals surface area contributed by atoms with Gasteiger partial charge in [-0.1, -0.05) is 18.2 Å². The van der Waals surface area contributed by atoms with Crippen LogP contribution < -0.4 is 5.32 Å². The van der Waals surface area contributed by atoms with Crippen molar-refractivity contribution in [1.29, 1.82) is 0 Å². The molecule has 0 radical (unpaired) electrons. The molecule has 0 aliphatic carbocycles. The van der Waals surface area contributed by atoms with Crippen molar-refractivity contribution in [3.63, 3.8) is 0 Å². The molecule has 0 atom stereocenters. The van der Waals surface area contributed by atoms with E-state index in [1.54, 1.807) is 31.2 Å². The molecule has 0 unspecified atom stereocenters. The molecule has 6 nitrogen and oxygen atoms in total. The highest BCUT2D eigenvalue weighted by atomic mass is 16.4. The number of nitrogens with one attached hydrogen (secondary N) is 2. The standard InChI is InChI=1S/C14H15N3O3/c1-9-12(8-16-17-9)13(18)15-7-6-10-4-2-3-5-11(10)14(19)20/h2-5,8H,6-7H2,1H3,(H,15,18)(H,16,17)(H,19,20). The van der Waals surface area contributed by atoms with Crippen LogP contribution in [0.3, 0.4) is 0 Å². The van der Waals surface area contributed by atoms with Gasteiger partial charge in [-0.3, -0.25) is 9.89 Å². The number of aromatic amines is 1. The van der Waals surface area contributed by atoms with Gasteiger partial charge in [-0.05, 0) is 25.0 Å². The second kappa shape index (κ2) is 6.01. The van der Waals surface area contributed by atoms with Crippen molar-refractivity contribution in [2.24, 2.45) is 0 Å². The van der Waals surface area contributed by atoms with E-state index in [4.69, 9.17) is 5.11 Å². The summed E-state index contributed by atoms with van der Waals surface area (Å²) in [7, 11) is 0. The summed E-state index contributed by atoms with van der Waals surface area (Å²) in [6, 6.07) is 6.77. The van der Waals surface area contributed by atoms with Crippen LogP contribution >= 0.6 is 0 Å². The summed E-state index contributed by atoms with van der Waals surface area (Å²) < 4.78 is 0. The van der Waals surface area contributed by atoms with Crippen molar-refractivity contribution < 1.29 is 14.7 Å². The zero-order valence-electron chi connectivity index (χ0n) is 11.0. The normalized spacial score (nSPS) is 10.2. The Labute approximate surface area is 115 Å². The molecule has 20 heavy (non-hydrogen) atoms. The predicted molar refractivity (Wildman–Crippen MR) is 72.8 cm³/mol. The van der Waals surface area contributed by atoms with Gasteiger partial charge in [-0.15, -0.1) is 0 Å². The first kappa shape index (κ1) is 13.8. The molecule has 0 saturated heterocycles. The molecular weight excluding hydrogens is 258 g/mol. The number of amides is 1. The number of rotatable bonds is 5. The third kappa shape index (κ3) is 3.03. The number of carbonyl (C=O) groups is 2. The van der Waals surface area contributed by atoms with Crippen molar-refractivity contribution in [3.05, 3.63) is 52.8 Å². The van der Waals surface area contributed by atoms with Gasteiger partial charge in [0, 0.05) is 12.2 Å². The summed E-state index contributed by atoms with van der Waals surface area (Å²) in [4.78, 5) is 22.9. The second-order valence-corrected chi connectivity index (χ2v) is 4.38. The van der Waals surface area contributed by atoms with E-state index in [1.807, 2.05) is 0 Å². The Morgan fingerprint density at radius 1 is 1.30 bits per heavy atom. The Morgan fingerprint density at radius 2 is 2.05 bits per heavy atom.